The fourth-order valence-electron chi connectivity index (χ4n) is 1.78. The molecule has 0 amide bonds. The number of nitrogens with two attached hydrogens (primary N) is 1. The fourth-order valence-corrected chi connectivity index (χ4v) is 1.78. The molecule has 1 rings (SSSR count). The van der Waals surface area contributed by atoms with Crippen LogP contribution in [0.3, 0.4) is 0 Å². The zero-order valence-electron chi connectivity index (χ0n) is 8.90. The maximum absolute atomic E-state index is 5.56. The first-order valence-corrected chi connectivity index (χ1v) is 5.06. The standard InChI is InChI=1S/C11H19N3/c1-9(3-6-12)11(13-2)10-4-7-14-8-5-10/h4-5,7-9,11,13H,3,6,12H2,1-2H3. The average Bonchev–Trinajstić information content (AvgIpc) is 2.21. The Labute approximate surface area is 85.7 Å². The van der Waals surface area contributed by atoms with E-state index in [0.717, 1.165) is 13.0 Å². The Morgan fingerprint density at radius 1 is 1.43 bits per heavy atom. The van der Waals surface area contributed by atoms with Crippen molar-refractivity contribution < 1.29 is 0 Å². The van der Waals surface area contributed by atoms with E-state index in [0.29, 0.717) is 12.0 Å². The van der Waals surface area contributed by atoms with Gasteiger partial charge >= 0.3 is 0 Å². The van der Waals surface area contributed by atoms with Gasteiger partial charge in [0, 0.05) is 18.4 Å². The molecule has 0 aliphatic heterocycles. The van der Waals surface area contributed by atoms with Crippen molar-refractivity contribution in [2.45, 2.75) is 19.4 Å². The van der Waals surface area contributed by atoms with Crippen molar-refractivity contribution in [3.8, 4) is 0 Å². The lowest BCUT2D eigenvalue weighted by Gasteiger charge is -2.23. The van der Waals surface area contributed by atoms with Gasteiger partial charge in [-0.15, -0.1) is 0 Å². The van der Waals surface area contributed by atoms with Crippen LogP contribution in [0, 0.1) is 5.92 Å². The van der Waals surface area contributed by atoms with Gasteiger partial charge in [-0.2, -0.15) is 0 Å². The highest BCUT2D eigenvalue weighted by Gasteiger charge is 2.16. The van der Waals surface area contributed by atoms with Crippen LogP contribution in [0.2, 0.25) is 0 Å². The number of nitrogens with one attached hydrogen (secondary N) is 1. The molecule has 0 saturated carbocycles. The summed E-state index contributed by atoms with van der Waals surface area (Å²) >= 11 is 0. The lowest BCUT2D eigenvalue weighted by Crippen LogP contribution is -2.25. The summed E-state index contributed by atoms with van der Waals surface area (Å²) in [4.78, 5) is 4.01. The maximum Gasteiger partial charge on any atom is 0.0345 e. The van der Waals surface area contributed by atoms with Crippen LogP contribution < -0.4 is 11.1 Å². The minimum atomic E-state index is 0.376. The first-order chi connectivity index (χ1) is 6.79. The second-order valence-corrected chi connectivity index (χ2v) is 3.60. The summed E-state index contributed by atoms with van der Waals surface area (Å²) < 4.78 is 0. The van der Waals surface area contributed by atoms with Crippen LogP contribution in [0.25, 0.3) is 0 Å². The Morgan fingerprint density at radius 2 is 2.07 bits per heavy atom. The van der Waals surface area contributed by atoms with E-state index in [-0.39, 0.29) is 0 Å². The molecule has 2 atom stereocenters. The van der Waals surface area contributed by atoms with Crippen LogP contribution >= 0.6 is 0 Å². The molecule has 3 heteroatoms. The summed E-state index contributed by atoms with van der Waals surface area (Å²) in [5.41, 5.74) is 6.84. The van der Waals surface area contributed by atoms with Gasteiger partial charge in [0.05, 0.1) is 0 Å². The van der Waals surface area contributed by atoms with E-state index in [9.17, 15) is 0 Å². The molecule has 0 fully saturated rings. The summed E-state index contributed by atoms with van der Waals surface area (Å²) in [6.07, 6.45) is 4.69. The van der Waals surface area contributed by atoms with Crippen LogP contribution in [0.5, 0.6) is 0 Å². The second-order valence-electron chi connectivity index (χ2n) is 3.60. The highest BCUT2D eigenvalue weighted by atomic mass is 14.9. The smallest absolute Gasteiger partial charge is 0.0345 e. The molecule has 0 saturated heterocycles. The van der Waals surface area contributed by atoms with Crippen molar-refractivity contribution in [2.75, 3.05) is 13.6 Å². The third kappa shape index (κ3) is 2.79. The van der Waals surface area contributed by atoms with Gasteiger partial charge in [0.1, 0.15) is 0 Å². The molecule has 0 aliphatic rings. The van der Waals surface area contributed by atoms with Crippen molar-refractivity contribution in [2.24, 2.45) is 11.7 Å². The Hall–Kier alpha value is -0.930. The molecule has 0 aliphatic carbocycles. The third-order valence-electron chi connectivity index (χ3n) is 2.57. The molecular weight excluding hydrogens is 174 g/mol. The minimum Gasteiger partial charge on any atom is -0.330 e. The van der Waals surface area contributed by atoms with E-state index in [2.05, 4.69) is 17.2 Å². The van der Waals surface area contributed by atoms with E-state index in [1.807, 2.05) is 31.6 Å². The van der Waals surface area contributed by atoms with E-state index >= 15 is 0 Å². The van der Waals surface area contributed by atoms with Gasteiger partial charge in [-0.1, -0.05) is 6.92 Å². The number of hydrogen-bond acceptors (Lipinski definition) is 3. The van der Waals surface area contributed by atoms with Gasteiger partial charge in [0.2, 0.25) is 0 Å². The second kappa shape index (κ2) is 5.73. The Balaban J connectivity index is 2.71. The van der Waals surface area contributed by atoms with Gasteiger partial charge in [-0.25, -0.2) is 0 Å². The molecule has 0 bridgehead atoms. The molecule has 3 N–H and O–H groups in total. The lowest BCUT2D eigenvalue weighted by molar-refractivity contribution is 0.391. The van der Waals surface area contributed by atoms with Crippen molar-refractivity contribution in [1.82, 2.24) is 10.3 Å². The highest BCUT2D eigenvalue weighted by molar-refractivity contribution is 5.15. The Kier molecular flexibility index (Phi) is 4.56. The number of aromatic nitrogens is 1. The lowest BCUT2D eigenvalue weighted by atomic mass is 9.93. The number of nitrogens with zero attached hydrogens (tertiary/aromatic N) is 1. The zero-order chi connectivity index (χ0) is 10.4. The summed E-state index contributed by atoms with van der Waals surface area (Å²) in [6.45, 7) is 2.96. The summed E-state index contributed by atoms with van der Waals surface area (Å²) in [5.74, 6) is 0.549. The fraction of sp³-hybridized carbons (Fsp3) is 0.545. The number of pyridine rings is 1. The largest absolute Gasteiger partial charge is 0.330 e. The van der Waals surface area contributed by atoms with Gasteiger partial charge < -0.3 is 11.1 Å². The van der Waals surface area contributed by atoms with Gasteiger partial charge in [-0.3, -0.25) is 4.98 Å². The predicted octanol–water partition coefficient (Wildman–Crippen LogP) is 1.33. The molecule has 3 nitrogen and oxygen atoms in total. The van der Waals surface area contributed by atoms with Crippen LogP contribution in [0.15, 0.2) is 24.5 Å². The van der Waals surface area contributed by atoms with Gasteiger partial charge in [0.25, 0.3) is 0 Å². The molecule has 0 aromatic carbocycles. The molecule has 0 spiro atoms. The Morgan fingerprint density at radius 3 is 2.57 bits per heavy atom. The molecule has 0 radical (unpaired) electrons. The molecular formula is C11H19N3. The molecule has 1 heterocycles. The van der Waals surface area contributed by atoms with Crippen molar-refractivity contribution in [1.29, 1.82) is 0 Å². The van der Waals surface area contributed by atoms with E-state index in [1.54, 1.807) is 0 Å². The topological polar surface area (TPSA) is 50.9 Å². The molecule has 1 aromatic heterocycles. The molecule has 78 valence electrons. The van der Waals surface area contributed by atoms with Crippen LogP contribution in [0.1, 0.15) is 24.9 Å². The number of rotatable bonds is 5. The first-order valence-electron chi connectivity index (χ1n) is 5.06. The van der Waals surface area contributed by atoms with Crippen LogP contribution in [-0.2, 0) is 0 Å². The minimum absolute atomic E-state index is 0.376. The first kappa shape index (κ1) is 11.1. The van der Waals surface area contributed by atoms with Crippen molar-refractivity contribution in [3.63, 3.8) is 0 Å². The van der Waals surface area contributed by atoms with Gasteiger partial charge in [-0.05, 0) is 43.6 Å². The predicted molar refractivity (Wildman–Crippen MR) is 58.9 cm³/mol. The number of hydrogen-bond donors (Lipinski definition) is 2. The van der Waals surface area contributed by atoms with Crippen molar-refractivity contribution in [3.05, 3.63) is 30.1 Å². The van der Waals surface area contributed by atoms with Gasteiger partial charge in [0.15, 0.2) is 0 Å². The Bertz CT molecular complexity index is 248. The van der Waals surface area contributed by atoms with E-state index in [1.165, 1.54) is 5.56 Å². The maximum atomic E-state index is 5.56. The molecule has 14 heavy (non-hydrogen) atoms. The van der Waals surface area contributed by atoms with E-state index < -0.39 is 0 Å². The SMILES string of the molecule is CNC(c1ccncc1)C(C)CCN. The van der Waals surface area contributed by atoms with Crippen molar-refractivity contribution >= 4 is 0 Å². The monoisotopic (exact) mass is 193 g/mol. The normalized spacial score (nSPS) is 15.1. The quantitative estimate of drug-likeness (QED) is 0.741. The summed E-state index contributed by atoms with van der Waals surface area (Å²) in [7, 11) is 1.98. The summed E-state index contributed by atoms with van der Waals surface area (Å²) in [6, 6.07) is 4.48. The molecule has 2 unspecified atom stereocenters. The zero-order valence-corrected chi connectivity index (χ0v) is 8.90. The third-order valence-corrected chi connectivity index (χ3v) is 2.57. The summed E-state index contributed by atoms with van der Waals surface area (Å²) in [5, 5.41) is 3.32. The van der Waals surface area contributed by atoms with Crippen LogP contribution in [-0.4, -0.2) is 18.6 Å². The van der Waals surface area contributed by atoms with Crippen LogP contribution in [0.4, 0.5) is 0 Å². The van der Waals surface area contributed by atoms with E-state index in [4.69, 9.17) is 5.73 Å². The highest BCUT2D eigenvalue weighted by Crippen LogP contribution is 2.22. The average molecular weight is 193 g/mol. The molecule has 1 aromatic rings.